The Hall–Kier alpha value is -2.76. The van der Waals surface area contributed by atoms with Crippen molar-refractivity contribution < 1.29 is 18.4 Å². The summed E-state index contributed by atoms with van der Waals surface area (Å²) in [5.74, 6) is -1.75. The SMILES string of the molecule is CC(=O)N(CC(=O)N1CCC(Cc2ccccc2)CC1)c1ccc(F)cc1F. The van der Waals surface area contributed by atoms with Gasteiger partial charge in [0.15, 0.2) is 0 Å². The highest BCUT2D eigenvalue weighted by atomic mass is 19.1. The number of amides is 2. The Morgan fingerprint density at radius 3 is 2.36 bits per heavy atom. The highest BCUT2D eigenvalue weighted by Crippen LogP contribution is 2.24. The predicted octanol–water partition coefficient (Wildman–Crippen LogP) is 3.80. The summed E-state index contributed by atoms with van der Waals surface area (Å²) in [5, 5.41) is 0. The minimum atomic E-state index is -0.857. The molecule has 1 aliphatic heterocycles. The molecular formula is C22H24F2N2O2. The van der Waals surface area contributed by atoms with Gasteiger partial charge in [-0.25, -0.2) is 8.78 Å². The van der Waals surface area contributed by atoms with Crippen LogP contribution in [0.15, 0.2) is 48.5 Å². The molecular weight excluding hydrogens is 362 g/mol. The number of halogens is 2. The molecule has 0 unspecified atom stereocenters. The molecule has 1 fully saturated rings. The van der Waals surface area contributed by atoms with E-state index in [2.05, 4.69) is 12.1 Å². The summed E-state index contributed by atoms with van der Waals surface area (Å²) in [6, 6.07) is 13.2. The van der Waals surface area contributed by atoms with E-state index in [1.807, 2.05) is 18.2 Å². The Morgan fingerprint density at radius 2 is 1.75 bits per heavy atom. The number of benzene rings is 2. The van der Waals surface area contributed by atoms with Gasteiger partial charge in [-0.15, -0.1) is 0 Å². The number of piperidine rings is 1. The molecule has 0 spiro atoms. The van der Waals surface area contributed by atoms with Crippen LogP contribution in [0, 0.1) is 17.6 Å². The maximum absolute atomic E-state index is 14.1. The molecule has 1 saturated heterocycles. The molecule has 2 aromatic rings. The first-order valence-electron chi connectivity index (χ1n) is 9.49. The summed E-state index contributed by atoms with van der Waals surface area (Å²) in [6.07, 6.45) is 2.78. The summed E-state index contributed by atoms with van der Waals surface area (Å²) in [6.45, 7) is 2.26. The number of rotatable bonds is 5. The Bertz CT molecular complexity index is 834. The van der Waals surface area contributed by atoms with Crippen LogP contribution in [0.25, 0.3) is 0 Å². The lowest BCUT2D eigenvalue weighted by Crippen LogP contribution is -2.46. The third-order valence-electron chi connectivity index (χ3n) is 5.21. The summed E-state index contributed by atoms with van der Waals surface area (Å²) in [7, 11) is 0. The van der Waals surface area contributed by atoms with Crippen LogP contribution in [0.3, 0.4) is 0 Å². The molecule has 28 heavy (non-hydrogen) atoms. The van der Waals surface area contributed by atoms with Gasteiger partial charge in [-0.3, -0.25) is 9.59 Å². The van der Waals surface area contributed by atoms with Gasteiger partial charge in [0.2, 0.25) is 11.8 Å². The van der Waals surface area contributed by atoms with Crippen molar-refractivity contribution in [1.29, 1.82) is 0 Å². The molecule has 3 rings (SSSR count). The average molecular weight is 386 g/mol. The zero-order valence-corrected chi connectivity index (χ0v) is 15.9. The van der Waals surface area contributed by atoms with E-state index in [0.717, 1.165) is 30.2 Å². The van der Waals surface area contributed by atoms with Gasteiger partial charge in [-0.1, -0.05) is 30.3 Å². The lowest BCUT2D eigenvalue weighted by atomic mass is 9.90. The van der Waals surface area contributed by atoms with Crippen molar-refractivity contribution in [3.63, 3.8) is 0 Å². The standard InChI is InChI=1S/C22H24F2N2O2/c1-16(27)26(21-8-7-19(23)14-20(21)24)15-22(28)25-11-9-18(10-12-25)13-17-5-3-2-4-6-17/h2-8,14,18H,9-13,15H2,1H3. The number of hydrogen-bond donors (Lipinski definition) is 0. The number of carbonyl (C=O) groups excluding carboxylic acids is 2. The molecule has 1 aliphatic rings. The second-order valence-electron chi connectivity index (χ2n) is 7.21. The van der Waals surface area contributed by atoms with Gasteiger partial charge in [-0.2, -0.15) is 0 Å². The maximum atomic E-state index is 14.1. The van der Waals surface area contributed by atoms with Gasteiger partial charge >= 0.3 is 0 Å². The average Bonchev–Trinajstić information content (AvgIpc) is 2.68. The molecule has 0 aromatic heterocycles. The monoisotopic (exact) mass is 386 g/mol. The van der Waals surface area contributed by atoms with Crippen LogP contribution in [0.1, 0.15) is 25.3 Å². The number of carbonyl (C=O) groups is 2. The number of nitrogens with zero attached hydrogens (tertiary/aromatic N) is 2. The molecule has 2 amide bonds. The second-order valence-corrected chi connectivity index (χ2v) is 7.21. The number of anilines is 1. The van der Waals surface area contributed by atoms with Crippen molar-refractivity contribution in [1.82, 2.24) is 4.90 Å². The van der Waals surface area contributed by atoms with Crippen molar-refractivity contribution >= 4 is 17.5 Å². The molecule has 0 aliphatic carbocycles. The molecule has 0 radical (unpaired) electrons. The first kappa shape index (κ1) is 20.0. The highest BCUT2D eigenvalue weighted by molar-refractivity contribution is 5.97. The number of hydrogen-bond acceptors (Lipinski definition) is 2. The van der Waals surface area contributed by atoms with Crippen molar-refractivity contribution in [2.24, 2.45) is 5.92 Å². The quantitative estimate of drug-likeness (QED) is 0.784. The third-order valence-corrected chi connectivity index (χ3v) is 5.21. The highest BCUT2D eigenvalue weighted by Gasteiger charge is 2.26. The fraction of sp³-hybridized carbons (Fsp3) is 0.364. The summed E-state index contributed by atoms with van der Waals surface area (Å²) < 4.78 is 27.2. The second kappa shape index (κ2) is 8.95. The lowest BCUT2D eigenvalue weighted by Gasteiger charge is -2.33. The first-order chi connectivity index (χ1) is 13.4. The van der Waals surface area contributed by atoms with Crippen LogP contribution < -0.4 is 4.90 Å². The van der Waals surface area contributed by atoms with Gasteiger partial charge in [0, 0.05) is 26.1 Å². The summed E-state index contributed by atoms with van der Waals surface area (Å²) in [5.41, 5.74) is 1.21. The molecule has 0 bridgehead atoms. The number of likely N-dealkylation sites (tertiary alicyclic amines) is 1. The fourth-order valence-corrected chi connectivity index (χ4v) is 3.64. The third kappa shape index (κ3) is 4.94. The smallest absolute Gasteiger partial charge is 0.242 e. The zero-order valence-electron chi connectivity index (χ0n) is 15.9. The van der Waals surface area contributed by atoms with E-state index in [1.54, 1.807) is 4.90 Å². The molecule has 4 nitrogen and oxygen atoms in total. The Labute approximate surface area is 163 Å². The van der Waals surface area contributed by atoms with E-state index in [9.17, 15) is 18.4 Å². The molecule has 148 valence electrons. The van der Waals surface area contributed by atoms with E-state index in [-0.39, 0.29) is 18.1 Å². The molecule has 1 heterocycles. The van der Waals surface area contributed by atoms with Crippen molar-refractivity contribution in [2.75, 3.05) is 24.5 Å². The van der Waals surface area contributed by atoms with Gasteiger partial charge in [0.1, 0.15) is 18.2 Å². The topological polar surface area (TPSA) is 40.6 Å². The van der Waals surface area contributed by atoms with Gasteiger partial charge in [0.25, 0.3) is 0 Å². The largest absolute Gasteiger partial charge is 0.341 e. The Kier molecular flexibility index (Phi) is 6.39. The van der Waals surface area contributed by atoms with Crippen molar-refractivity contribution in [2.45, 2.75) is 26.2 Å². The van der Waals surface area contributed by atoms with Crippen LogP contribution in [-0.2, 0) is 16.0 Å². The minimum absolute atomic E-state index is 0.0822. The molecule has 2 aromatic carbocycles. The van der Waals surface area contributed by atoms with Gasteiger partial charge < -0.3 is 9.80 Å². The van der Waals surface area contributed by atoms with Gasteiger partial charge in [-0.05, 0) is 42.9 Å². The first-order valence-corrected chi connectivity index (χ1v) is 9.49. The van der Waals surface area contributed by atoms with Crippen LogP contribution in [0.5, 0.6) is 0 Å². The minimum Gasteiger partial charge on any atom is -0.341 e. The van der Waals surface area contributed by atoms with Crippen molar-refractivity contribution in [3.8, 4) is 0 Å². The van der Waals surface area contributed by atoms with Crippen LogP contribution in [0.2, 0.25) is 0 Å². The molecule has 0 saturated carbocycles. The fourth-order valence-electron chi connectivity index (χ4n) is 3.64. The van der Waals surface area contributed by atoms with E-state index in [4.69, 9.17) is 0 Å². The summed E-state index contributed by atoms with van der Waals surface area (Å²) >= 11 is 0. The normalized spacial score (nSPS) is 14.8. The van der Waals surface area contributed by atoms with E-state index in [1.165, 1.54) is 18.6 Å². The lowest BCUT2D eigenvalue weighted by molar-refractivity contribution is -0.132. The van der Waals surface area contributed by atoms with Crippen LogP contribution in [-0.4, -0.2) is 36.3 Å². The molecule has 6 heteroatoms. The van der Waals surface area contributed by atoms with E-state index in [0.29, 0.717) is 25.1 Å². The van der Waals surface area contributed by atoms with E-state index < -0.39 is 17.5 Å². The van der Waals surface area contributed by atoms with Crippen LogP contribution >= 0.6 is 0 Å². The Balaban J connectivity index is 1.58. The van der Waals surface area contributed by atoms with E-state index >= 15 is 0 Å². The molecule has 0 atom stereocenters. The zero-order chi connectivity index (χ0) is 20.1. The van der Waals surface area contributed by atoms with Crippen molar-refractivity contribution in [3.05, 3.63) is 65.7 Å². The maximum Gasteiger partial charge on any atom is 0.242 e. The summed E-state index contributed by atoms with van der Waals surface area (Å²) in [4.78, 5) is 27.4. The van der Waals surface area contributed by atoms with Crippen LogP contribution in [0.4, 0.5) is 14.5 Å². The predicted molar refractivity (Wildman–Crippen MR) is 104 cm³/mol. The van der Waals surface area contributed by atoms with Gasteiger partial charge in [0.05, 0.1) is 5.69 Å². The Morgan fingerprint density at radius 1 is 1.07 bits per heavy atom. The molecule has 0 N–H and O–H groups in total.